The van der Waals surface area contributed by atoms with Crippen LogP contribution in [0.1, 0.15) is 24.4 Å². The van der Waals surface area contributed by atoms with Gasteiger partial charge in [-0.3, -0.25) is 4.90 Å². The summed E-state index contributed by atoms with van der Waals surface area (Å²) in [6.07, 6.45) is 7.38. The van der Waals surface area contributed by atoms with Crippen LogP contribution < -0.4 is 9.64 Å². The molecule has 7 nitrogen and oxygen atoms in total. The second kappa shape index (κ2) is 7.39. The molecule has 2 aliphatic rings. The van der Waals surface area contributed by atoms with Gasteiger partial charge in [0.25, 0.3) is 0 Å². The number of benzene rings is 1. The smallest absolute Gasteiger partial charge is 0.224 e. The summed E-state index contributed by atoms with van der Waals surface area (Å²) in [4.78, 5) is 18.2. The first-order chi connectivity index (χ1) is 13.8. The maximum Gasteiger partial charge on any atom is 0.224 e. The molecule has 0 N–H and O–H groups in total. The quantitative estimate of drug-likeness (QED) is 0.695. The minimum absolute atomic E-state index is 0.634. The van der Waals surface area contributed by atoms with Gasteiger partial charge in [-0.25, -0.2) is 15.0 Å². The van der Waals surface area contributed by atoms with Crippen LogP contribution in [-0.2, 0) is 19.5 Å². The number of ether oxygens (including phenoxy) is 1. The average Bonchev–Trinajstić information content (AvgIpc) is 3.16. The van der Waals surface area contributed by atoms with Crippen LogP contribution in [0.25, 0.3) is 10.9 Å². The molecule has 0 saturated carbocycles. The first-order valence-corrected chi connectivity index (χ1v) is 10.1. The molecule has 0 atom stereocenters. The van der Waals surface area contributed by atoms with E-state index in [1.54, 1.807) is 13.4 Å². The molecule has 0 amide bonds. The van der Waals surface area contributed by atoms with E-state index in [-0.39, 0.29) is 0 Å². The summed E-state index contributed by atoms with van der Waals surface area (Å²) in [5.41, 5.74) is 3.53. The zero-order valence-electron chi connectivity index (χ0n) is 16.3. The fraction of sp³-hybridized carbons (Fsp3) is 0.476. The molecule has 0 aliphatic carbocycles. The predicted octanol–water partition coefficient (Wildman–Crippen LogP) is 2.49. The Hall–Kier alpha value is -2.67. The van der Waals surface area contributed by atoms with Crippen LogP contribution in [-0.4, -0.2) is 57.7 Å². The third-order valence-electron chi connectivity index (χ3n) is 5.96. The number of anilines is 1. The summed E-state index contributed by atoms with van der Waals surface area (Å²) in [7, 11) is 1.65. The van der Waals surface area contributed by atoms with Gasteiger partial charge in [0.15, 0.2) is 0 Å². The summed E-state index contributed by atoms with van der Waals surface area (Å²) in [5.74, 6) is 1.87. The fourth-order valence-electron chi connectivity index (χ4n) is 4.37. The van der Waals surface area contributed by atoms with Gasteiger partial charge < -0.3 is 14.2 Å². The number of fused-ring (bicyclic) bond motifs is 2. The molecule has 0 bridgehead atoms. The first-order valence-electron chi connectivity index (χ1n) is 10.1. The van der Waals surface area contributed by atoms with Gasteiger partial charge >= 0.3 is 0 Å². The molecule has 146 valence electrons. The monoisotopic (exact) mass is 378 g/mol. The lowest BCUT2D eigenvalue weighted by molar-refractivity contribution is 0.239. The lowest BCUT2D eigenvalue weighted by Gasteiger charge is -2.36. The van der Waals surface area contributed by atoms with Crippen LogP contribution in [0.15, 0.2) is 30.7 Å². The Morgan fingerprint density at radius 3 is 2.75 bits per heavy atom. The molecule has 2 aliphatic heterocycles. The standard InChI is InChI=1S/C21H26N6O/c1-28-21-18-12-16(5-6-19(18)23-15-24-21)26-10-8-25(9-11-26)14-20-22-13-17-4-2-3-7-27(17)20/h5-6,12-13,15H,2-4,7-11,14H2,1H3. The number of piperazine rings is 1. The van der Waals surface area contributed by atoms with Gasteiger partial charge in [0.1, 0.15) is 12.2 Å². The van der Waals surface area contributed by atoms with Crippen molar-refractivity contribution >= 4 is 16.6 Å². The van der Waals surface area contributed by atoms with Gasteiger partial charge in [0.05, 0.1) is 24.6 Å². The largest absolute Gasteiger partial charge is 0.480 e. The van der Waals surface area contributed by atoms with E-state index in [4.69, 9.17) is 9.72 Å². The third kappa shape index (κ3) is 3.20. The van der Waals surface area contributed by atoms with Gasteiger partial charge in [-0.1, -0.05) is 0 Å². The second-order valence-electron chi connectivity index (χ2n) is 7.62. The van der Waals surface area contributed by atoms with E-state index in [1.807, 2.05) is 0 Å². The number of imidazole rings is 1. The Morgan fingerprint density at radius 2 is 1.89 bits per heavy atom. The third-order valence-corrected chi connectivity index (χ3v) is 5.96. The van der Waals surface area contributed by atoms with E-state index in [0.29, 0.717) is 5.88 Å². The van der Waals surface area contributed by atoms with E-state index in [9.17, 15) is 0 Å². The van der Waals surface area contributed by atoms with Crippen LogP contribution >= 0.6 is 0 Å². The molecular weight excluding hydrogens is 352 g/mol. The van der Waals surface area contributed by atoms with Crippen LogP contribution in [0.2, 0.25) is 0 Å². The van der Waals surface area contributed by atoms with E-state index < -0.39 is 0 Å². The number of methoxy groups -OCH3 is 1. The molecule has 2 aromatic heterocycles. The molecule has 1 fully saturated rings. The molecule has 0 unspecified atom stereocenters. The van der Waals surface area contributed by atoms with Crippen molar-refractivity contribution in [2.75, 3.05) is 38.2 Å². The number of aromatic nitrogens is 4. The molecule has 5 rings (SSSR count). The summed E-state index contributed by atoms with van der Waals surface area (Å²) in [6.45, 7) is 6.19. The zero-order chi connectivity index (χ0) is 18.9. The first kappa shape index (κ1) is 17.4. The summed E-state index contributed by atoms with van der Waals surface area (Å²) >= 11 is 0. The molecule has 0 radical (unpaired) electrons. The van der Waals surface area contributed by atoms with Crippen molar-refractivity contribution in [1.82, 2.24) is 24.4 Å². The van der Waals surface area contributed by atoms with Crippen molar-refractivity contribution < 1.29 is 4.74 Å². The fourth-order valence-corrected chi connectivity index (χ4v) is 4.37. The highest BCUT2D eigenvalue weighted by Gasteiger charge is 2.21. The van der Waals surface area contributed by atoms with Gasteiger partial charge in [-0.15, -0.1) is 0 Å². The Kier molecular flexibility index (Phi) is 4.60. The lowest BCUT2D eigenvalue weighted by atomic mass is 10.1. The average molecular weight is 378 g/mol. The summed E-state index contributed by atoms with van der Waals surface area (Å²) < 4.78 is 7.84. The number of hydrogen-bond donors (Lipinski definition) is 0. The molecule has 28 heavy (non-hydrogen) atoms. The van der Waals surface area contributed by atoms with Gasteiger partial charge in [-0.2, -0.15) is 0 Å². The highest BCUT2D eigenvalue weighted by molar-refractivity contribution is 5.86. The maximum atomic E-state index is 5.40. The zero-order valence-corrected chi connectivity index (χ0v) is 16.3. The Balaban J connectivity index is 1.27. The topological polar surface area (TPSA) is 59.3 Å². The normalized spacial score (nSPS) is 17.7. The summed E-state index contributed by atoms with van der Waals surface area (Å²) in [6, 6.07) is 6.35. The van der Waals surface area contributed by atoms with Crippen LogP contribution in [0.4, 0.5) is 5.69 Å². The molecule has 0 spiro atoms. The Labute approximate surface area is 165 Å². The van der Waals surface area contributed by atoms with E-state index in [2.05, 4.69) is 48.7 Å². The van der Waals surface area contributed by atoms with Crippen molar-refractivity contribution in [3.8, 4) is 5.88 Å². The Morgan fingerprint density at radius 1 is 1.00 bits per heavy atom. The Bertz CT molecular complexity index is 976. The number of aryl methyl sites for hydroxylation is 1. The van der Waals surface area contributed by atoms with Crippen LogP contribution in [0, 0.1) is 0 Å². The molecule has 1 saturated heterocycles. The van der Waals surface area contributed by atoms with E-state index >= 15 is 0 Å². The number of rotatable bonds is 4. The predicted molar refractivity (Wildman–Crippen MR) is 109 cm³/mol. The van der Waals surface area contributed by atoms with Crippen molar-refractivity contribution in [3.05, 3.63) is 42.2 Å². The van der Waals surface area contributed by atoms with Crippen molar-refractivity contribution in [1.29, 1.82) is 0 Å². The minimum Gasteiger partial charge on any atom is -0.480 e. The molecule has 1 aromatic carbocycles. The minimum atomic E-state index is 0.634. The summed E-state index contributed by atoms with van der Waals surface area (Å²) in [5, 5.41) is 0.967. The molecule has 4 heterocycles. The number of nitrogens with zero attached hydrogens (tertiary/aromatic N) is 6. The van der Waals surface area contributed by atoms with Crippen molar-refractivity contribution in [2.24, 2.45) is 0 Å². The van der Waals surface area contributed by atoms with E-state index in [1.165, 1.54) is 36.5 Å². The maximum absolute atomic E-state index is 5.40. The highest BCUT2D eigenvalue weighted by Crippen LogP contribution is 2.27. The van der Waals surface area contributed by atoms with Gasteiger partial charge in [0.2, 0.25) is 5.88 Å². The van der Waals surface area contributed by atoms with Gasteiger partial charge in [-0.05, 0) is 37.5 Å². The lowest BCUT2D eigenvalue weighted by Crippen LogP contribution is -2.46. The SMILES string of the molecule is COc1ncnc2ccc(N3CCN(Cc4ncc5n4CCCC5)CC3)cc12. The van der Waals surface area contributed by atoms with Gasteiger partial charge in [0, 0.05) is 50.3 Å². The molecular formula is C21H26N6O. The van der Waals surface area contributed by atoms with E-state index in [0.717, 1.165) is 50.2 Å². The second-order valence-corrected chi connectivity index (χ2v) is 7.62. The van der Waals surface area contributed by atoms with Crippen LogP contribution in [0.3, 0.4) is 0 Å². The number of hydrogen-bond acceptors (Lipinski definition) is 6. The molecule has 3 aromatic rings. The van der Waals surface area contributed by atoms with Crippen LogP contribution in [0.5, 0.6) is 5.88 Å². The van der Waals surface area contributed by atoms with Crippen molar-refractivity contribution in [2.45, 2.75) is 32.4 Å². The van der Waals surface area contributed by atoms with Crippen molar-refractivity contribution in [3.63, 3.8) is 0 Å². The highest BCUT2D eigenvalue weighted by atomic mass is 16.5. The molecule has 7 heteroatoms.